The third-order valence-corrected chi connectivity index (χ3v) is 1.75. The second-order valence-corrected chi connectivity index (χ2v) is 2.83. The fourth-order valence-corrected chi connectivity index (χ4v) is 0.675. The Kier molecular flexibility index (Phi) is 7.59. The molecule has 0 atom stereocenters. The maximum absolute atomic E-state index is 5.37. The quantitative estimate of drug-likeness (QED) is 0.424. The Labute approximate surface area is 70.4 Å². The van der Waals surface area contributed by atoms with Crippen molar-refractivity contribution in [2.75, 3.05) is 13.2 Å². The predicted octanol–water partition coefficient (Wildman–Crippen LogP) is 3.16. The van der Waals surface area contributed by atoms with Crippen LogP contribution in [0.1, 0.15) is 40.0 Å². The summed E-state index contributed by atoms with van der Waals surface area (Å²) in [5, 5.41) is 0. The zero-order chi connectivity index (χ0) is 8.53. The predicted molar refractivity (Wildman–Crippen MR) is 49.8 cm³/mol. The molecule has 0 N–H and O–H groups in total. The van der Waals surface area contributed by atoms with Crippen LogP contribution in [0.3, 0.4) is 0 Å². The van der Waals surface area contributed by atoms with Crippen LogP contribution in [-0.4, -0.2) is 13.2 Å². The summed E-state index contributed by atoms with van der Waals surface area (Å²) in [5.41, 5.74) is 1.42. The van der Waals surface area contributed by atoms with Crippen LogP contribution in [0.15, 0.2) is 11.6 Å². The Bertz CT molecular complexity index is 105. The lowest BCUT2D eigenvalue weighted by Crippen LogP contribution is -1.93. The van der Waals surface area contributed by atoms with Crippen LogP contribution in [0, 0.1) is 0 Å². The van der Waals surface area contributed by atoms with Crippen molar-refractivity contribution in [2.45, 2.75) is 40.0 Å². The van der Waals surface area contributed by atoms with E-state index in [1.165, 1.54) is 18.4 Å². The smallest absolute Gasteiger partial charge is 0.0649 e. The van der Waals surface area contributed by atoms with Crippen molar-refractivity contribution in [2.24, 2.45) is 0 Å². The standard InChI is InChI=1S/C10H20O/c1-4-6-8-11-9-7-10(3)5-2/h7H,4-6,8-9H2,1-3H3/b10-7-. The van der Waals surface area contributed by atoms with Gasteiger partial charge in [0.1, 0.15) is 0 Å². The molecule has 0 fully saturated rings. The molecule has 0 unspecified atom stereocenters. The van der Waals surface area contributed by atoms with E-state index >= 15 is 0 Å². The summed E-state index contributed by atoms with van der Waals surface area (Å²) in [5.74, 6) is 0. The summed E-state index contributed by atoms with van der Waals surface area (Å²) < 4.78 is 5.37. The van der Waals surface area contributed by atoms with Crippen molar-refractivity contribution >= 4 is 0 Å². The molecule has 11 heavy (non-hydrogen) atoms. The van der Waals surface area contributed by atoms with Crippen LogP contribution in [0.25, 0.3) is 0 Å². The van der Waals surface area contributed by atoms with Crippen molar-refractivity contribution in [3.05, 3.63) is 11.6 Å². The fourth-order valence-electron chi connectivity index (χ4n) is 0.675. The Morgan fingerprint density at radius 1 is 1.36 bits per heavy atom. The first-order valence-electron chi connectivity index (χ1n) is 4.54. The minimum Gasteiger partial charge on any atom is -0.377 e. The van der Waals surface area contributed by atoms with Crippen LogP contribution < -0.4 is 0 Å². The molecular formula is C10H20O. The van der Waals surface area contributed by atoms with Crippen molar-refractivity contribution < 1.29 is 4.74 Å². The number of unbranched alkanes of at least 4 members (excludes halogenated alkanes) is 1. The van der Waals surface area contributed by atoms with Crippen LogP contribution in [0.4, 0.5) is 0 Å². The van der Waals surface area contributed by atoms with E-state index in [2.05, 4.69) is 26.8 Å². The zero-order valence-corrected chi connectivity index (χ0v) is 8.02. The molecule has 0 aliphatic heterocycles. The topological polar surface area (TPSA) is 9.23 Å². The normalized spacial score (nSPS) is 12.1. The van der Waals surface area contributed by atoms with E-state index < -0.39 is 0 Å². The molecule has 0 aromatic heterocycles. The van der Waals surface area contributed by atoms with E-state index in [4.69, 9.17) is 4.74 Å². The maximum atomic E-state index is 5.37. The zero-order valence-electron chi connectivity index (χ0n) is 8.02. The van der Waals surface area contributed by atoms with Gasteiger partial charge in [0, 0.05) is 6.61 Å². The summed E-state index contributed by atoms with van der Waals surface area (Å²) in [6.07, 6.45) is 5.70. The molecule has 0 aromatic rings. The minimum atomic E-state index is 0.791. The molecule has 0 heterocycles. The van der Waals surface area contributed by atoms with Crippen LogP contribution in [-0.2, 0) is 4.74 Å². The van der Waals surface area contributed by atoms with Gasteiger partial charge < -0.3 is 4.74 Å². The first-order valence-corrected chi connectivity index (χ1v) is 4.54. The SMILES string of the molecule is CCCCOC/C=C(/C)CC. The molecule has 0 spiro atoms. The van der Waals surface area contributed by atoms with Gasteiger partial charge in [-0.3, -0.25) is 0 Å². The van der Waals surface area contributed by atoms with E-state index in [0.29, 0.717) is 0 Å². The lowest BCUT2D eigenvalue weighted by molar-refractivity contribution is 0.158. The highest BCUT2D eigenvalue weighted by molar-refractivity contribution is 4.96. The van der Waals surface area contributed by atoms with Crippen molar-refractivity contribution in [1.29, 1.82) is 0 Å². The molecule has 0 aromatic carbocycles. The molecule has 0 saturated carbocycles. The molecule has 0 saturated heterocycles. The molecule has 0 radical (unpaired) electrons. The summed E-state index contributed by atoms with van der Waals surface area (Å²) in [4.78, 5) is 0. The third kappa shape index (κ3) is 7.60. The lowest BCUT2D eigenvalue weighted by atomic mass is 10.2. The highest BCUT2D eigenvalue weighted by Crippen LogP contribution is 1.97. The Hall–Kier alpha value is -0.300. The van der Waals surface area contributed by atoms with Crippen molar-refractivity contribution in [1.82, 2.24) is 0 Å². The van der Waals surface area contributed by atoms with Crippen molar-refractivity contribution in [3.8, 4) is 0 Å². The molecule has 1 nitrogen and oxygen atoms in total. The molecule has 0 amide bonds. The van der Waals surface area contributed by atoms with E-state index in [0.717, 1.165) is 19.6 Å². The summed E-state index contributed by atoms with van der Waals surface area (Å²) in [6, 6.07) is 0. The molecule has 0 rings (SSSR count). The molecule has 66 valence electrons. The second-order valence-electron chi connectivity index (χ2n) is 2.83. The van der Waals surface area contributed by atoms with Gasteiger partial charge in [-0.1, -0.05) is 31.9 Å². The number of ether oxygens (including phenoxy) is 1. The lowest BCUT2D eigenvalue weighted by Gasteiger charge is -1.99. The summed E-state index contributed by atoms with van der Waals surface area (Å²) >= 11 is 0. The van der Waals surface area contributed by atoms with E-state index in [-0.39, 0.29) is 0 Å². The van der Waals surface area contributed by atoms with Crippen LogP contribution in [0.2, 0.25) is 0 Å². The highest BCUT2D eigenvalue weighted by atomic mass is 16.5. The summed E-state index contributed by atoms with van der Waals surface area (Å²) in [6.45, 7) is 8.18. The average molecular weight is 156 g/mol. The van der Waals surface area contributed by atoms with Gasteiger partial charge >= 0.3 is 0 Å². The van der Waals surface area contributed by atoms with E-state index in [9.17, 15) is 0 Å². The minimum absolute atomic E-state index is 0.791. The number of hydrogen-bond donors (Lipinski definition) is 0. The first-order chi connectivity index (χ1) is 5.31. The van der Waals surface area contributed by atoms with E-state index in [1.807, 2.05) is 0 Å². The highest BCUT2D eigenvalue weighted by Gasteiger charge is 1.85. The Balaban J connectivity index is 3.12. The molecule has 0 bridgehead atoms. The van der Waals surface area contributed by atoms with Gasteiger partial charge in [-0.15, -0.1) is 0 Å². The van der Waals surface area contributed by atoms with E-state index in [1.54, 1.807) is 0 Å². The van der Waals surface area contributed by atoms with Gasteiger partial charge in [-0.05, 0) is 19.8 Å². The van der Waals surface area contributed by atoms with Gasteiger partial charge in [0.2, 0.25) is 0 Å². The van der Waals surface area contributed by atoms with Crippen LogP contribution >= 0.6 is 0 Å². The van der Waals surface area contributed by atoms with Gasteiger partial charge in [0.15, 0.2) is 0 Å². The van der Waals surface area contributed by atoms with Crippen LogP contribution in [0.5, 0.6) is 0 Å². The first kappa shape index (κ1) is 10.7. The number of hydrogen-bond acceptors (Lipinski definition) is 1. The fraction of sp³-hybridized carbons (Fsp3) is 0.800. The summed E-state index contributed by atoms with van der Waals surface area (Å²) in [7, 11) is 0. The molecular weight excluding hydrogens is 136 g/mol. The average Bonchev–Trinajstić information content (AvgIpc) is 2.04. The maximum Gasteiger partial charge on any atom is 0.0649 e. The Morgan fingerprint density at radius 3 is 2.64 bits per heavy atom. The van der Waals surface area contributed by atoms with Gasteiger partial charge in [-0.25, -0.2) is 0 Å². The number of rotatable bonds is 6. The molecule has 1 heteroatoms. The van der Waals surface area contributed by atoms with Crippen molar-refractivity contribution in [3.63, 3.8) is 0 Å². The second kappa shape index (κ2) is 7.80. The third-order valence-electron chi connectivity index (χ3n) is 1.75. The largest absolute Gasteiger partial charge is 0.377 e. The van der Waals surface area contributed by atoms with Gasteiger partial charge in [0.25, 0.3) is 0 Å². The monoisotopic (exact) mass is 156 g/mol. The molecule has 0 aliphatic carbocycles. The Morgan fingerprint density at radius 2 is 2.09 bits per heavy atom. The van der Waals surface area contributed by atoms with Gasteiger partial charge in [-0.2, -0.15) is 0 Å². The van der Waals surface area contributed by atoms with Gasteiger partial charge in [0.05, 0.1) is 6.61 Å². The molecule has 0 aliphatic rings. The number of allylic oxidation sites excluding steroid dienone is 1.